The van der Waals surface area contributed by atoms with Gasteiger partial charge in [-0.25, -0.2) is 9.59 Å². The van der Waals surface area contributed by atoms with Crippen molar-refractivity contribution in [3.05, 3.63) is 77.9 Å². The van der Waals surface area contributed by atoms with Crippen LogP contribution in [0.15, 0.2) is 61.2 Å². The van der Waals surface area contributed by atoms with Crippen LogP contribution in [0.4, 0.5) is 4.79 Å². The number of carboxylic acid groups (broad SMARTS) is 2. The van der Waals surface area contributed by atoms with Gasteiger partial charge in [-0.1, -0.05) is 66.7 Å². The van der Waals surface area contributed by atoms with E-state index in [1.165, 1.54) is 0 Å². The molecule has 2 aromatic carbocycles. The third kappa shape index (κ3) is 5.12. The fraction of sp³-hybridized carbons (Fsp3) is 0.292. The number of benzene rings is 2. The smallest absolute Gasteiger partial charge is 0.410 e. The van der Waals surface area contributed by atoms with Crippen LogP contribution >= 0.6 is 0 Å². The molecule has 31 heavy (non-hydrogen) atoms. The van der Waals surface area contributed by atoms with E-state index in [9.17, 15) is 24.6 Å². The van der Waals surface area contributed by atoms with Gasteiger partial charge in [0.15, 0.2) is 0 Å². The third-order valence-corrected chi connectivity index (χ3v) is 5.59. The maximum absolute atomic E-state index is 12.8. The molecular weight excluding hydrogens is 398 g/mol. The number of amides is 1. The Balaban J connectivity index is 1.86. The summed E-state index contributed by atoms with van der Waals surface area (Å²) in [6, 6.07) is 15.3. The van der Waals surface area contributed by atoms with E-state index >= 15 is 0 Å². The Morgan fingerprint density at radius 3 is 2.42 bits per heavy atom. The first-order chi connectivity index (χ1) is 14.8. The van der Waals surface area contributed by atoms with Crippen LogP contribution < -0.4 is 0 Å². The molecule has 7 nitrogen and oxygen atoms in total. The summed E-state index contributed by atoms with van der Waals surface area (Å²) in [5.41, 5.74) is 3.17. The number of aliphatic carboxylic acids is 2. The Hall–Kier alpha value is -3.61. The lowest BCUT2D eigenvalue weighted by Gasteiger charge is -2.24. The van der Waals surface area contributed by atoms with Gasteiger partial charge in [0.1, 0.15) is 12.6 Å². The van der Waals surface area contributed by atoms with E-state index in [0.29, 0.717) is 5.57 Å². The van der Waals surface area contributed by atoms with Crippen molar-refractivity contribution >= 4 is 23.6 Å². The molecule has 0 radical (unpaired) electrons. The zero-order valence-corrected chi connectivity index (χ0v) is 17.2. The van der Waals surface area contributed by atoms with Crippen LogP contribution in [-0.4, -0.2) is 45.7 Å². The van der Waals surface area contributed by atoms with Gasteiger partial charge in [0.05, 0.1) is 6.42 Å². The van der Waals surface area contributed by atoms with Gasteiger partial charge in [0, 0.05) is 18.4 Å². The minimum absolute atomic E-state index is 0.00436. The molecule has 0 aromatic heterocycles. The molecule has 1 aliphatic rings. The molecule has 1 fully saturated rings. The van der Waals surface area contributed by atoms with E-state index in [4.69, 9.17) is 4.74 Å². The standard InChI is InChI=1S/C24H25NO6/c1-15-7-6-10-18(11-15)16(2)20-13-25(22(23(28)29)19(20)12-21(26)27)24(30)31-14-17-8-4-3-5-9-17/h3-11,19-20,22H,2,12-14H2,1H3,(H,26,27)(H,28,29)/t19-,20+,22-/m0/s1. The van der Waals surface area contributed by atoms with Gasteiger partial charge in [0.25, 0.3) is 0 Å². The largest absolute Gasteiger partial charge is 0.481 e. The van der Waals surface area contributed by atoms with Gasteiger partial charge in [-0.05, 0) is 23.6 Å². The van der Waals surface area contributed by atoms with Crippen molar-refractivity contribution in [2.24, 2.45) is 11.8 Å². The summed E-state index contributed by atoms with van der Waals surface area (Å²) in [4.78, 5) is 37.5. The topological polar surface area (TPSA) is 104 Å². The summed E-state index contributed by atoms with van der Waals surface area (Å²) >= 11 is 0. The predicted octanol–water partition coefficient (Wildman–Crippen LogP) is 3.82. The molecule has 3 rings (SSSR count). The zero-order chi connectivity index (χ0) is 22.5. The molecule has 2 aromatic rings. The summed E-state index contributed by atoms with van der Waals surface area (Å²) in [6.07, 6.45) is -1.18. The molecule has 162 valence electrons. The van der Waals surface area contributed by atoms with E-state index < -0.39 is 42.3 Å². The molecule has 1 heterocycles. The summed E-state index contributed by atoms with van der Waals surface area (Å²) in [5, 5.41) is 19.3. The molecule has 0 aliphatic carbocycles. The fourth-order valence-electron chi connectivity index (χ4n) is 4.10. The first kappa shape index (κ1) is 22.1. The summed E-state index contributed by atoms with van der Waals surface area (Å²) in [7, 11) is 0. The van der Waals surface area contributed by atoms with Gasteiger partial charge >= 0.3 is 18.0 Å². The van der Waals surface area contributed by atoms with Crippen LogP contribution in [0.3, 0.4) is 0 Å². The Morgan fingerprint density at radius 2 is 1.81 bits per heavy atom. The highest BCUT2D eigenvalue weighted by molar-refractivity contribution is 5.84. The van der Waals surface area contributed by atoms with Gasteiger partial charge in [-0.3, -0.25) is 9.69 Å². The highest BCUT2D eigenvalue weighted by Crippen LogP contribution is 2.41. The molecule has 2 N–H and O–H groups in total. The fourth-order valence-corrected chi connectivity index (χ4v) is 4.10. The highest BCUT2D eigenvalue weighted by atomic mass is 16.6. The number of hydrogen-bond donors (Lipinski definition) is 2. The molecule has 3 atom stereocenters. The van der Waals surface area contributed by atoms with Crippen LogP contribution in [0.2, 0.25) is 0 Å². The van der Waals surface area contributed by atoms with E-state index in [1.54, 1.807) is 12.1 Å². The Bertz CT molecular complexity index is 987. The van der Waals surface area contributed by atoms with Crippen molar-refractivity contribution in [1.29, 1.82) is 0 Å². The van der Waals surface area contributed by atoms with E-state index in [1.807, 2.05) is 49.4 Å². The SMILES string of the molecule is C=C(c1cccc(C)c1)[C@H]1CN(C(=O)OCc2ccccc2)[C@H](C(=O)O)[C@H]1CC(=O)O. The molecule has 1 aliphatic heterocycles. The quantitative estimate of drug-likeness (QED) is 0.702. The lowest BCUT2D eigenvalue weighted by atomic mass is 9.80. The Kier molecular flexibility index (Phi) is 6.74. The first-order valence-electron chi connectivity index (χ1n) is 9.95. The summed E-state index contributed by atoms with van der Waals surface area (Å²) < 4.78 is 5.35. The second-order valence-electron chi connectivity index (χ2n) is 7.74. The summed E-state index contributed by atoms with van der Waals surface area (Å²) in [5.74, 6) is -3.74. The monoisotopic (exact) mass is 423 g/mol. The van der Waals surface area contributed by atoms with Gasteiger partial charge < -0.3 is 14.9 Å². The average Bonchev–Trinajstić information content (AvgIpc) is 3.11. The first-order valence-corrected chi connectivity index (χ1v) is 9.95. The Morgan fingerprint density at radius 1 is 1.10 bits per heavy atom. The van der Waals surface area contributed by atoms with Crippen LogP contribution in [0.1, 0.15) is 23.1 Å². The number of rotatable bonds is 7. The maximum atomic E-state index is 12.8. The number of carbonyl (C=O) groups excluding carboxylic acids is 1. The minimum Gasteiger partial charge on any atom is -0.481 e. The maximum Gasteiger partial charge on any atom is 0.410 e. The second-order valence-corrected chi connectivity index (χ2v) is 7.74. The van der Waals surface area contributed by atoms with Crippen molar-refractivity contribution in [2.75, 3.05) is 6.54 Å². The lowest BCUT2D eigenvalue weighted by Crippen LogP contribution is -2.44. The molecular formula is C24H25NO6. The minimum atomic E-state index is -1.31. The molecule has 7 heteroatoms. The van der Waals surface area contributed by atoms with Gasteiger partial charge in [0.2, 0.25) is 0 Å². The van der Waals surface area contributed by atoms with Gasteiger partial charge in [-0.15, -0.1) is 0 Å². The number of ether oxygens (including phenoxy) is 1. The number of carbonyl (C=O) groups is 3. The number of aryl methyl sites for hydroxylation is 1. The number of hydrogen-bond acceptors (Lipinski definition) is 4. The molecule has 0 bridgehead atoms. The normalized spacial score (nSPS) is 20.3. The molecule has 1 saturated heterocycles. The Labute approximate surface area is 180 Å². The summed E-state index contributed by atoms with van der Waals surface area (Å²) in [6.45, 7) is 6.06. The lowest BCUT2D eigenvalue weighted by molar-refractivity contribution is -0.144. The van der Waals surface area contributed by atoms with E-state index in [2.05, 4.69) is 6.58 Å². The molecule has 1 amide bonds. The molecule has 0 saturated carbocycles. The van der Waals surface area contributed by atoms with Gasteiger partial charge in [-0.2, -0.15) is 0 Å². The highest BCUT2D eigenvalue weighted by Gasteiger charge is 2.50. The van der Waals surface area contributed by atoms with Crippen molar-refractivity contribution in [2.45, 2.75) is 26.0 Å². The van der Waals surface area contributed by atoms with Crippen LogP contribution in [0, 0.1) is 18.8 Å². The van der Waals surface area contributed by atoms with Crippen LogP contribution in [0.5, 0.6) is 0 Å². The van der Waals surface area contributed by atoms with Crippen molar-refractivity contribution in [3.63, 3.8) is 0 Å². The van der Waals surface area contributed by atoms with Crippen LogP contribution in [0.25, 0.3) is 5.57 Å². The second kappa shape index (κ2) is 9.47. The van der Waals surface area contributed by atoms with Crippen LogP contribution in [-0.2, 0) is 20.9 Å². The van der Waals surface area contributed by atoms with E-state index in [0.717, 1.165) is 21.6 Å². The number of likely N-dealkylation sites (tertiary alicyclic amines) is 1. The third-order valence-electron chi connectivity index (χ3n) is 5.59. The number of carboxylic acids is 2. The zero-order valence-electron chi connectivity index (χ0n) is 17.2. The molecule has 0 spiro atoms. The number of nitrogens with zero attached hydrogens (tertiary/aromatic N) is 1. The average molecular weight is 423 g/mol. The molecule has 0 unspecified atom stereocenters. The predicted molar refractivity (Wildman–Crippen MR) is 114 cm³/mol. The van der Waals surface area contributed by atoms with Crippen molar-refractivity contribution < 1.29 is 29.3 Å². The van der Waals surface area contributed by atoms with Crippen molar-refractivity contribution in [1.82, 2.24) is 4.90 Å². The van der Waals surface area contributed by atoms with Crippen molar-refractivity contribution in [3.8, 4) is 0 Å². The van der Waals surface area contributed by atoms with E-state index in [-0.39, 0.29) is 13.2 Å².